The van der Waals surface area contributed by atoms with Crippen LogP contribution in [0.25, 0.3) is 0 Å². The fourth-order valence-electron chi connectivity index (χ4n) is 2.31. The number of rotatable bonds is 6. The van der Waals surface area contributed by atoms with E-state index in [-0.39, 0.29) is 0 Å². The maximum absolute atomic E-state index is 13.6. The molecule has 0 radical (unpaired) electrons. The molecule has 2 amide bonds. The van der Waals surface area contributed by atoms with Crippen molar-refractivity contribution in [3.05, 3.63) is 65.0 Å². The molecule has 0 aliphatic heterocycles. The lowest BCUT2D eigenvalue weighted by atomic mass is 10.1. The van der Waals surface area contributed by atoms with Gasteiger partial charge < -0.3 is 15.4 Å². The van der Waals surface area contributed by atoms with E-state index in [2.05, 4.69) is 5.32 Å². The number of hydrogen-bond donors (Lipinski definition) is 2. The van der Waals surface area contributed by atoms with Gasteiger partial charge in [-0.1, -0.05) is 17.7 Å². The number of esters is 1. The summed E-state index contributed by atoms with van der Waals surface area (Å²) in [6.07, 6.45) is -1.38. The van der Waals surface area contributed by atoms with Gasteiger partial charge in [0, 0.05) is 5.56 Å². The molecule has 2 atom stereocenters. The minimum atomic E-state index is -1.74. The second-order valence-corrected chi connectivity index (χ2v) is 6.36. The predicted octanol–water partition coefficient (Wildman–Crippen LogP) is 3.10. The highest BCUT2D eigenvalue weighted by Gasteiger charge is 2.25. The lowest BCUT2D eigenvalue weighted by Crippen LogP contribution is -2.42. The van der Waals surface area contributed by atoms with Crippen molar-refractivity contribution in [2.45, 2.75) is 32.9 Å². The van der Waals surface area contributed by atoms with Gasteiger partial charge >= 0.3 is 5.97 Å². The number of anilines is 1. The Morgan fingerprint density at radius 2 is 1.69 bits per heavy atom. The first-order chi connectivity index (χ1) is 13.6. The highest BCUT2D eigenvalue weighted by atomic mass is 19.2. The fraction of sp³-hybridized carbons (Fsp3) is 0.250. The minimum absolute atomic E-state index is 0.351. The standard InChI is InChI=1S/C20H19F3N2O4/c1-10-5-4-6-13(9-10)19(27)24-11(2)20(28)29-12(3)18(26)25-15-8-7-14(21)16(22)17(15)23/h4-9,11-12H,1-3H3,(H,24,27)(H,25,26)/t11-,12+/m0/s1. The zero-order valence-corrected chi connectivity index (χ0v) is 15.9. The van der Waals surface area contributed by atoms with Crippen molar-refractivity contribution in [1.82, 2.24) is 5.32 Å². The zero-order chi connectivity index (χ0) is 21.7. The van der Waals surface area contributed by atoms with Crippen molar-refractivity contribution in [1.29, 1.82) is 0 Å². The Balaban J connectivity index is 1.94. The highest BCUT2D eigenvalue weighted by Crippen LogP contribution is 2.20. The van der Waals surface area contributed by atoms with Crippen LogP contribution in [0.2, 0.25) is 0 Å². The molecule has 0 aliphatic rings. The quantitative estimate of drug-likeness (QED) is 0.568. The van der Waals surface area contributed by atoms with Crippen LogP contribution >= 0.6 is 0 Å². The van der Waals surface area contributed by atoms with Crippen LogP contribution in [0.15, 0.2) is 36.4 Å². The van der Waals surface area contributed by atoms with Gasteiger partial charge in [-0.3, -0.25) is 9.59 Å². The molecule has 29 heavy (non-hydrogen) atoms. The monoisotopic (exact) mass is 408 g/mol. The van der Waals surface area contributed by atoms with Gasteiger partial charge in [0.05, 0.1) is 5.69 Å². The molecule has 154 valence electrons. The van der Waals surface area contributed by atoms with Crippen LogP contribution in [-0.2, 0) is 14.3 Å². The molecule has 2 rings (SSSR count). The van der Waals surface area contributed by atoms with Crippen molar-refractivity contribution in [2.75, 3.05) is 5.32 Å². The number of halogens is 3. The van der Waals surface area contributed by atoms with Crippen LogP contribution in [0.3, 0.4) is 0 Å². The lowest BCUT2D eigenvalue weighted by Gasteiger charge is -2.18. The molecular formula is C20H19F3N2O4. The Bertz CT molecular complexity index is 949. The van der Waals surface area contributed by atoms with E-state index in [0.29, 0.717) is 11.6 Å². The minimum Gasteiger partial charge on any atom is -0.451 e. The van der Waals surface area contributed by atoms with E-state index in [1.165, 1.54) is 13.8 Å². The summed E-state index contributed by atoms with van der Waals surface area (Å²) in [6.45, 7) is 4.39. The average Bonchev–Trinajstić information content (AvgIpc) is 2.68. The number of carbonyl (C=O) groups is 3. The van der Waals surface area contributed by atoms with E-state index >= 15 is 0 Å². The largest absolute Gasteiger partial charge is 0.451 e. The molecule has 0 aromatic heterocycles. The van der Waals surface area contributed by atoms with Crippen molar-refractivity contribution >= 4 is 23.5 Å². The lowest BCUT2D eigenvalue weighted by molar-refractivity contribution is -0.154. The van der Waals surface area contributed by atoms with Gasteiger partial charge in [-0.25, -0.2) is 18.0 Å². The van der Waals surface area contributed by atoms with E-state index in [1.54, 1.807) is 18.2 Å². The Kier molecular flexibility index (Phi) is 6.98. The van der Waals surface area contributed by atoms with Gasteiger partial charge in [-0.05, 0) is 45.0 Å². The first kappa shape index (κ1) is 21.9. The molecule has 6 nitrogen and oxygen atoms in total. The van der Waals surface area contributed by atoms with Crippen LogP contribution < -0.4 is 10.6 Å². The van der Waals surface area contributed by atoms with Crippen LogP contribution in [0.4, 0.5) is 18.9 Å². The number of aryl methyl sites for hydroxylation is 1. The Morgan fingerprint density at radius 1 is 1.00 bits per heavy atom. The third kappa shape index (κ3) is 5.56. The van der Waals surface area contributed by atoms with E-state index < -0.39 is 53.1 Å². The third-order valence-electron chi connectivity index (χ3n) is 3.94. The second kappa shape index (κ2) is 9.22. The highest BCUT2D eigenvalue weighted by molar-refractivity contribution is 5.98. The smallest absolute Gasteiger partial charge is 0.329 e. The number of nitrogens with one attached hydrogen (secondary N) is 2. The van der Waals surface area contributed by atoms with E-state index in [0.717, 1.165) is 11.6 Å². The van der Waals surface area contributed by atoms with Gasteiger partial charge in [0.15, 0.2) is 23.6 Å². The molecule has 9 heteroatoms. The molecule has 0 saturated heterocycles. The Labute approximate surface area is 165 Å². The predicted molar refractivity (Wildman–Crippen MR) is 98.6 cm³/mol. The summed E-state index contributed by atoms with van der Waals surface area (Å²) in [4.78, 5) is 36.3. The number of amides is 2. The van der Waals surface area contributed by atoms with Crippen molar-refractivity contribution in [3.8, 4) is 0 Å². The molecule has 2 N–H and O–H groups in total. The second-order valence-electron chi connectivity index (χ2n) is 6.36. The molecule has 0 fully saturated rings. The SMILES string of the molecule is Cc1cccc(C(=O)N[C@@H](C)C(=O)O[C@H](C)C(=O)Nc2ccc(F)c(F)c2F)c1. The molecule has 0 unspecified atom stereocenters. The molecule has 0 aliphatic carbocycles. The van der Waals surface area contributed by atoms with Crippen LogP contribution in [0.5, 0.6) is 0 Å². The van der Waals surface area contributed by atoms with Crippen molar-refractivity contribution < 1.29 is 32.3 Å². The molecule has 2 aromatic carbocycles. The van der Waals surface area contributed by atoms with Gasteiger partial charge in [0.25, 0.3) is 11.8 Å². The summed E-state index contributed by atoms with van der Waals surface area (Å²) in [7, 11) is 0. The summed E-state index contributed by atoms with van der Waals surface area (Å²) in [5.41, 5.74) is 0.615. The average molecular weight is 408 g/mol. The van der Waals surface area contributed by atoms with Gasteiger partial charge in [-0.2, -0.15) is 0 Å². The summed E-state index contributed by atoms with van der Waals surface area (Å²) in [5.74, 6) is -7.08. The molecule has 0 heterocycles. The zero-order valence-electron chi connectivity index (χ0n) is 15.9. The normalized spacial score (nSPS) is 12.6. The topological polar surface area (TPSA) is 84.5 Å². The van der Waals surface area contributed by atoms with Crippen molar-refractivity contribution in [2.24, 2.45) is 0 Å². The summed E-state index contributed by atoms with van der Waals surface area (Å²) in [6, 6.07) is 7.13. The molecular weight excluding hydrogens is 389 g/mol. The number of benzene rings is 2. The Morgan fingerprint density at radius 3 is 2.34 bits per heavy atom. The summed E-state index contributed by atoms with van der Waals surface area (Å²) in [5, 5.41) is 4.45. The fourth-order valence-corrected chi connectivity index (χ4v) is 2.31. The van der Waals surface area contributed by atoms with Crippen molar-refractivity contribution in [3.63, 3.8) is 0 Å². The van der Waals surface area contributed by atoms with Gasteiger partial charge in [-0.15, -0.1) is 0 Å². The van der Waals surface area contributed by atoms with Gasteiger partial charge in [0.2, 0.25) is 0 Å². The molecule has 2 aromatic rings. The molecule has 0 bridgehead atoms. The summed E-state index contributed by atoms with van der Waals surface area (Å²) < 4.78 is 44.7. The number of ether oxygens (including phenoxy) is 1. The first-order valence-electron chi connectivity index (χ1n) is 8.62. The molecule has 0 saturated carbocycles. The van der Waals surface area contributed by atoms with Crippen LogP contribution in [-0.4, -0.2) is 29.9 Å². The van der Waals surface area contributed by atoms with E-state index in [9.17, 15) is 27.6 Å². The van der Waals surface area contributed by atoms with Crippen LogP contribution in [0, 0.1) is 24.4 Å². The Hall–Kier alpha value is -3.36. The maximum atomic E-state index is 13.6. The third-order valence-corrected chi connectivity index (χ3v) is 3.94. The maximum Gasteiger partial charge on any atom is 0.329 e. The van der Waals surface area contributed by atoms with E-state index in [1.807, 2.05) is 18.3 Å². The number of carbonyl (C=O) groups excluding carboxylic acids is 3. The van der Waals surface area contributed by atoms with E-state index in [4.69, 9.17) is 4.74 Å². The molecule has 0 spiro atoms. The number of hydrogen-bond acceptors (Lipinski definition) is 4. The van der Waals surface area contributed by atoms with Gasteiger partial charge in [0.1, 0.15) is 6.04 Å². The summed E-state index contributed by atoms with van der Waals surface area (Å²) >= 11 is 0. The van der Waals surface area contributed by atoms with Crippen LogP contribution in [0.1, 0.15) is 29.8 Å². The first-order valence-corrected chi connectivity index (χ1v) is 8.62.